The van der Waals surface area contributed by atoms with E-state index >= 15 is 4.39 Å². The number of hydrogen-bond acceptors (Lipinski definition) is 13. The number of thioether (sulfide) groups is 1. The monoisotopic (exact) mass is 1030 g/mol. The summed E-state index contributed by atoms with van der Waals surface area (Å²) in [6.45, 7) is 8.72. The van der Waals surface area contributed by atoms with E-state index in [-0.39, 0.29) is 115 Å². The van der Waals surface area contributed by atoms with Crippen LogP contribution in [0.25, 0.3) is 11.1 Å². The maximum atomic E-state index is 15.2. The molecule has 394 valence electrons. The summed E-state index contributed by atoms with van der Waals surface area (Å²) in [6.07, 6.45) is 3.64. The second-order valence-corrected chi connectivity index (χ2v) is 18.6. The van der Waals surface area contributed by atoms with Crippen molar-refractivity contribution < 1.29 is 66.4 Å². The van der Waals surface area contributed by atoms with Gasteiger partial charge >= 0.3 is 5.97 Å². The molecule has 6 amide bonds. The molecule has 0 spiro atoms. The number of carboxylic acids is 1. The standard InChI is InChI=1S/C50H67F2N7O12S/c1-50(2,3)48(41-28-36(38-29-37(51)10-11-39(38)52)31-57(41)30-35-8-5-4-6-9-35)58(19-7-16-53)46(64)34-72-33-40(56-42(60)12-15-47(65)66)49(67)55-18-21-69-23-25-71-27-26-70-24-22-68-20-17-54-43(61)32-59-44(62)13-14-45(59)63/h4-6,8-11,13-14,28-29,31,40,48H,7,12,15-27,30,32-34,53H2,1-3H3,(H,54,61)(H,55,67)(H,56,60)(H,65,66)/t40-,48?/m0/s1. The van der Waals surface area contributed by atoms with Gasteiger partial charge in [0.25, 0.3) is 11.8 Å². The topological polar surface area (TPSA) is 250 Å². The number of rotatable bonds is 34. The number of ether oxygens (including phenoxy) is 4. The first kappa shape index (κ1) is 58.5. The lowest BCUT2D eigenvalue weighted by Crippen LogP contribution is -2.49. The van der Waals surface area contributed by atoms with E-state index in [1.165, 1.54) is 0 Å². The van der Waals surface area contributed by atoms with Crippen LogP contribution in [0.2, 0.25) is 0 Å². The second-order valence-electron chi connectivity index (χ2n) is 17.6. The zero-order valence-electron chi connectivity index (χ0n) is 41.0. The van der Waals surface area contributed by atoms with Gasteiger partial charge in [-0.1, -0.05) is 51.1 Å². The Morgan fingerprint density at radius 2 is 1.42 bits per heavy atom. The minimum atomic E-state index is -1.18. The van der Waals surface area contributed by atoms with E-state index in [4.69, 9.17) is 29.8 Å². The van der Waals surface area contributed by atoms with Crippen molar-refractivity contribution in [2.45, 2.75) is 58.7 Å². The number of nitrogens with zero attached hydrogens (tertiary/aromatic N) is 3. The number of carbonyl (C=O) groups is 7. The van der Waals surface area contributed by atoms with Gasteiger partial charge in [0.15, 0.2) is 0 Å². The van der Waals surface area contributed by atoms with E-state index in [0.29, 0.717) is 24.2 Å². The zero-order chi connectivity index (χ0) is 52.5. The molecule has 6 N–H and O–H groups in total. The molecule has 1 unspecified atom stereocenters. The summed E-state index contributed by atoms with van der Waals surface area (Å²) in [5, 5.41) is 17.0. The SMILES string of the molecule is CC(C)(C)C(c1cc(-c2cc(F)ccc2F)cn1Cc1ccccc1)N(CCCN)C(=O)CSC[C@H](NC(=O)CCC(=O)O)C(=O)NCCOCCOCCOCCOCCNC(=O)CN1C(=O)C=CC1=O. The van der Waals surface area contributed by atoms with Crippen LogP contribution in [0.15, 0.2) is 72.9 Å². The number of carbonyl (C=O) groups excluding carboxylic acids is 6. The zero-order valence-corrected chi connectivity index (χ0v) is 41.9. The average molecular weight is 1030 g/mol. The molecule has 2 aromatic carbocycles. The van der Waals surface area contributed by atoms with E-state index in [9.17, 15) is 38.0 Å². The fraction of sp³-hybridized carbons (Fsp3) is 0.500. The van der Waals surface area contributed by atoms with Crippen LogP contribution in [-0.4, -0.2) is 164 Å². The third kappa shape index (κ3) is 20.2. The molecule has 0 aliphatic carbocycles. The highest BCUT2D eigenvalue weighted by Crippen LogP contribution is 2.41. The van der Waals surface area contributed by atoms with Gasteiger partial charge in [-0.3, -0.25) is 38.5 Å². The van der Waals surface area contributed by atoms with Crippen molar-refractivity contribution in [1.82, 2.24) is 30.3 Å². The fourth-order valence-electron chi connectivity index (χ4n) is 7.47. The van der Waals surface area contributed by atoms with Gasteiger partial charge in [0.2, 0.25) is 23.6 Å². The molecule has 1 aliphatic heterocycles. The van der Waals surface area contributed by atoms with Crippen LogP contribution in [0.3, 0.4) is 0 Å². The maximum Gasteiger partial charge on any atom is 0.303 e. The van der Waals surface area contributed by atoms with Gasteiger partial charge in [-0.2, -0.15) is 0 Å². The number of aromatic nitrogens is 1. The van der Waals surface area contributed by atoms with Crippen molar-refractivity contribution in [3.63, 3.8) is 0 Å². The van der Waals surface area contributed by atoms with E-state index in [1.54, 1.807) is 17.2 Å². The molecule has 0 radical (unpaired) electrons. The molecule has 0 saturated carbocycles. The molecule has 4 rings (SSSR count). The van der Waals surface area contributed by atoms with Crippen molar-refractivity contribution in [3.8, 4) is 11.1 Å². The lowest BCUT2D eigenvalue weighted by Gasteiger charge is -2.41. The highest BCUT2D eigenvalue weighted by atomic mass is 32.2. The normalized spacial score (nSPS) is 13.3. The molecule has 2 heterocycles. The Balaban J connectivity index is 1.25. The third-order valence-electron chi connectivity index (χ3n) is 10.9. The Labute approximate surface area is 422 Å². The van der Waals surface area contributed by atoms with Crippen molar-refractivity contribution in [2.24, 2.45) is 11.1 Å². The van der Waals surface area contributed by atoms with Crippen molar-refractivity contribution in [1.29, 1.82) is 0 Å². The van der Waals surface area contributed by atoms with Gasteiger partial charge < -0.3 is 55.2 Å². The van der Waals surface area contributed by atoms with Crippen LogP contribution >= 0.6 is 11.8 Å². The third-order valence-corrected chi connectivity index (χ3v) is 11.9. The number of benzene rings is 2. The first-order chi connectivity index (χ1) is 34.5. The van der Waals surface area contributed by atoms with Gasteiger partial charge in [0.1, 0.15) is 24.2 Å². The van der Waals surface area contributed by atoms with Crippen LogP contribution in [0, 0.1) is 17.0 Å². The highest BCUT2D eigenvalue weighted by molar-refractivity contribution is 8.00. The van der Waals surface area contributed by atoms with Crippen LogP contribution in [-0.2, 0) is 59.1 Å². The molecular weight excluding hydrogens is 961 g/mol. The van der Waals surface area contributed by atoms with E-state index in [0.717, 1.165) is 52.6 Å². The highest BCUT2D eigenvalue weighted by Gasteiger charge is 2.37. The summed E-state index contributed by atoms with van der Waals surface area (Å²) in [5.74, 6) is -5.53. The molecule has 1 aliphatic rings. The molecule has 19 nitrogen and oxygen atoms in total. The van der Waals surface area contributed by atoms with Gasteiger partial charge in [0.05, 0.1) is 71.1 Å². The summed E-state index contributed by atoms with van der Waals surface area (Å²) >= 11 is 1.12. The Kier molecular flexibility index (Phi) is 25.0. The second kappa shape index (κ2) is 30.8. The van der Waals surface area contributed by atoms with Crippen LogP contribution in [0.4, 0.5) is 8.78 Å². The van der Waals surface area contributed by atoms with Crippen LogP contribution < -0.4 is 21.7 Å². The first-order valence-corrected chi connectivity index (χ1v) is 24.8. The lowest BCUT2D eigenvalue weighted by atomic mass is 9.83. The number of hydrogen-bond donors (Lipinski definition) is 5. The van der Waals surface area contributed by atoms with Gasteiger partial charge in [0, 0.05) is 73.5 Å². The molecule has 1 aromatic heterocycles. The minimum Gasteiger partial charge on any atom is -0.481 e. The van der Waals surface area contributed by atoms with E-state index in [2.05, 4.69) is 16.0 Å². The summed E-state index contributed by atoms with van der Waals surface area (Å²) < 4.78 is 53.6. The first-order valence-electron chi connectivity index (χ1n) is 23.6. The number of nitrogens with two attached hydrogens (primary N) is 1. The van der Waals surface area contributed by atoms with Crippen molar-refractivity contribution in [2.75, 3.05) is 97.1 Å². The number of aliphatic carboxylic acids is 1. The molecule has 0 fully saturated rings. The van der Waals surface area contributed by atoms with Gasteiger partial charge in [-0.25, -0.2) is 8.78 Å². The van der Waals surface area contributed by atoms with Gasteiger partial charge in [-0.05, 0) is 48.2 Å². The summed E-state index contributed by atoms with van der Waals surface area (Å²) in [6, 6.07) is 13.0. The largest absolute Gasteiger partial charge is 0.481 e. The number of carboxylic acid groups (broad SMARTS) is 1. The number of amides is 6. The summed E-state index contributed by atoms with van der Waals surface area (Å²) in [7, 11) is 0. The molecule has 0 bridgehead atoms. The Morgan fingerprint density at radius 3 is 2.01 bits per heavy atom. The predicted molar refractivity (Wildman–Crippen MR) is 264 cm³/mol. The van der Waals surface area contributed by atoms with Crippen LogP contribution in [0.1, 0.15) is 57.3 Å². The molecule has 22 heteroatoms. The van der Waals surface area contributed by atoms with Crippen molar-refractivity contribution in [3.05, 3.63) is 95.8 Å². The van der Waals surface area contributed by atoms with Gasteiger partial charge in [-0.15, -0.1) is 11.8 Å². The Hall–Kier alpha value is -6.04. The molecule has 3 aromatic rings. The Morgan fingerprint density at radius 1 is 0.806 bits per heavy atom. The number of imide groups is 1. The molecule has 2 atom stereocenters. The minimum absolute atomic E-state index is 0.0267. The summed E-state index contributed by atoms with van der Waals surface area (Å²) in [5.41, 5.74) is 7.55. The van der Waals surface area contributed by atoms with Crippen LogP contribution in [0.5, 0.6) is 0 Å². The smallest absolute Gasteiger partial charge is 0.303 e. The van der Waals surface area contributed by atoms with Crippen molar-refractivity contribution >= 4 is 53.2 Å². The Bertz CT molecular complexity index is 2280. The molecule has 0 saturated heterocycles. The molecular formula is C50H67F2N7O12S. The summed E-state index contributed by atoms with van der Waals surface area (Å²) in [4.78, 5) is 89.3. The number of nitrogens with one attached hydrogen (secondary N) is 3. The average Bonchev–Trinajstić information content (AvgIpc) is 3.89. The van der Waals surface area contributed by atoms with E-state index < -0.39 is 71.1 Å². The predicted octanol–water partition coefficient (Wildman–Crippen LogP) is 3.05. The quantitative estimate of drug-likeness (QED) is 0.0426. The van der Waals surface area contributed by atoms with E-state index in [1.807, 2.05) is 55.7 Å². The number of halogens is 2. The lowest BCUT2D eigenvalue weighted by molar-refractivity contribution is -0.141. The fourth-order valence-corrected chi connectivity index (χ4v) is 8.40. The maximum absolute atomic E-state index is 15.2. The molecule has 72 heavy (non-hydrogen) atoms.